The zero-order valence-corrected chi connectivity index (χ0v) is 10.9. The van der Waals surface area contributed by atoms with Gasteiger partial charge in [-0.15, -0.1) is 11.3 Å². The minimum atomic E-state index is -0.157. The maximum atomic E-state index is 12.0. The molecule has 0 N–H and O–H groups in total. The molecule has 2 aromatic rings. The molecule has 0 fully saturated rings. The first-order valence-electron chi connectivity index (χ1n) is 5.58. The summed E-state index contributed by atoms with van der Waals surface area (Å²) in [6.45, 7) is 0.666. The Morgan fingerprint density at radius 3 is 2.83 bits per heavy atom. The van der Waals surface area contributed by atoms with Gasteiger partial charge in [0.05, 0.1) is 6.54 Å². The molecule has 0 aromatic carbocycles. The maximum Gasteiger partial charge on any atom is 0.250 e. The van der Waals surface area contributed by atoms with Gasteiger partial charge < -0.3 is 9.47 Å². The van der Waals surface area contributed by atoms with E-state index in [1.165, 1.54) is 10.6 Å². The lowest BCUT2D eigenvalue weighted by Crippen LogP contribution is -2.32. The van der Waals surface area contributed by atoms with Crippen LogP contribution in [0.15, 0.2) is 46.7 Å². The van der Waals surface area contributed by atoms with Gasteiger partial charge in [-0.05, 0) is 17.5 Å². The summed E-state index contributed by atoms with van der Waals surface area (Å²) in [5.41, 5.74) is -0.157. The van der Waals surface area contributed by atoms with Crippen molar-refractivity contribution in [3.63, 3.8) is 0 Å². The number of hydrogen-bond donors (Lipinski definition) is 0. The van der Waals surface area contributed by atoms with Crippen LogP contribution in [0.4, 0.5) is 0 Å². The first-order valence-corrected chi connectivity index (χ1v) is 6.46. The van der Waals surface area contributed by atoms with Crippen LogP contribution in [0, 0.1) is 0 Å². The average molecular weight is 262 g/mol. The van der Waals surface area contributed by atoms with Crippen molar-refractivity contribution in [1.82, 2.24) is 9.47 Å². The normalized spacial score (nSPS) is 10.3. The molecule has 94 valence electrons. The largest absolute Gasteiger partial charge is 0.339 e. The monoisotopic (exact) mass is 262 g/mol. The third-order valence-corrected chi connectivity index (χ3v) is 3.46. The number of aromatic nitrogens is 1. The number of rotatable bonds is 4. The molecule has 0 atom stereocenters. The molecule has 0 spiro atoms. The summed E-state index contributed by atoms with van der Waals surface area (Å²) in [7, 11) is 1.75. The van der Waals surface area contributed by atoms with E-state index in [9.17, 15) is 9.59 Å². The predicted molar refractivity (Wildman–Crippen MR) is 71.5 cm³/mol. The van der Waals surface area contributed by atoms with Crippen molar-refractivity contribution in [3.05, 3.63) is 57.1 Å². The molecule has 0 saturated heterocycles. The molecular weight excluding hydrogens is 248 g/mol. The first kappa shape index (κ1) is 12.6. The second-order valence-corrected chi connectivity index (χ2v) is 5.03. The first-order chi connectivity index (χ1) is 8.66. The summed E-state index contributed by atoms with van der Waals surface area (Å²) in [5.74, 6) is -0.0725. The lowest BCUT2D eigenvalue weighted by molar-refractivity contribution is -0.131. The van der Waals surface area contributed by atoms with E-state index in [0.717, 1.165) is 4.88 Å². The van der Waals surface area contributed by atoms with Gasteiger partial charge >= 0.3 is 0 Å². The quantitative estimate of drug-likeness (QED) is 0.839. The molecule has 18 heavy (non-hydrogen) atoms. The molecule has 0 saturated carbocycles. The van der Waals surface area contributed by atoms with Crippen LogP contribution in [0.2, 0.25) is 0 Å². The highest BCUT2D eigenvalue weighted by atomic mass is 32.1. The van der Waals surface area contributed by atoms with Crippen molar-refractivity contribution in [2.45, 2.75) is 13.1 Å². The van der Waals surface area contributed by atoms with E-state index in [2.05, 4.69) is 0 Å². The van der Waals surface area contributed by atoms with Gasteiger partial charge in [0, 0.05) is 24.2 Å². The van der Waals surface area contributed by atoms with Crippen LogP contribution in [0.1, 0.15) is 4.88 Å². The molecular formula is C13H14N2O2S. The van der Waals surface area contributed by atoms with Gasteiger partial charge in [0.2, 0.25) is 5.91 Å². The lowest BCUT2D eigenvalue weighted by atomic mass is 10.4. The highest BCUT2D eigenvalue weighted by Gasteiger charge is 2.10. The third-order valence-electron chi connectivity index (χ3n) is 2.60. The van der Waals surface area contributed by atoms with Crippen LogP contribution in [-0.4, -0.2) is 22.4 Å². The molecule has 5 heteroatoms. The van der Waals surface area contributed by atoms with Gasteiger partial charge in [-0.1, -0.05) is 12.1 Å². The summed E-state index contributed by atoms with van der Waals surface area (Å²) >= 11 is 1.62. The van der Waals surface area contributed by atoms with E-state index in [0.29, 0.717) is 6.54 Å². The van der Waals surface area contributed by atoms with Crippen molar-refractivity contribution < 1.29 is 4.79 Å². The Bertz CT molecular complexity index is 575. The van der Waals surface area contributed by atoms with Gasteiger partial charge in [-0.25, -0.2) is 0 Å². The SMILES string of the molecule is CN(Cc1cccs1)C(=O)Cn1ccccc1=O. The Balaban J connectivity index is 2.00. The number of carbonyl (C=O) groups excluding carboxylic acids is 1. The molecule has 0 aliphatic carbocycles. The number of pyridine rings is 1. The Morgan fingerprint density at radius 1 is 1.33 bits per heavy atom. The minimum Gasteiger partial charge on any atom is -0.339 e. The summed E-state index contributed by atoms with van der Waals surface area (Å²) in [6.07, 6.45) is 1.62. The van der Waals surface area contributed by atoms with Crippen molar-refractivity contribution in [2.75, 3.05) is 7.05 Å². The van der Waals surface area contributed by atoms with Gasteiger partial charge in [-0.3, -0.25) is 9.59 Å². The zero-order chi connectivity index (χ0) is 13.0. The summed E-state index contributed by atoms with van der Waals surface area (Å²) in [6, 6.07) is 8.81. The molecule has 1 amide bonds. The van der Waals surface area contributed by atoms with E-state index >= 15 is 0 Å². The van der Waals surface area contributed by atoms with E-state index in [1.54, 1.807) is 41.6 Å². The van der Waals surface area contributed by atoms with E-state index in [-0.39, 0.29) is 18.0 Å². The fourth-order valence-electron chi connectivity index (χ4n) is 1.58. The molecule has 0 aliphatic heterocycles. The lowest BCUT2D eigenvalue weighted by Gasteiger charge is -2.16. The number of hydrogen-bond acceptors (Lipinski definition) is 3. The third kappa shape index (κ3) is 3.07. The molecule has 0 aliphatic rings. The highest BCUT2D eigenvalue weighted by molar-refractivity contribution is 7.09. The van der Waals surface area contributed by atoms with Crippen LogP contribution < -0.4 is 5.56 Å². The van der Waals surface area contributed by atoms with Gasteiger partial charge in [0.25, 0.3) is 5.56 Å². The second kappa shape index (κ2) is 5.64. The fraction of sp³-hybridized carbons (Fsp3) is 0.231. The smallest absolute Gasteiger partial charge is 0.250 e. The Kier molecular flexibility index (Phi) is 3.94. The molecule has 2 aromatic heterocycles. The number of carbonyl (C=O) groups is 1. The Morgan fingerprint density at radius 2 is 2.17 bits per heavy atom. The minimum absolute atomic E-state index is 0.0725. The van der Waals surface area contributed by atoms with Gasteiger partial charge in [0.15, 0.2) is 0 Å². The van der Waals surface area contributed by atoms with Gasteiger partial charge in [0.1, 0.15) is 6.54 Å². The van der Waals surface area contributed by atoms with Gasteiger partial charge in [-0.2, -0.15) is 0 Å². The van der Waals surface area contributed by atoms with Crippen LogP contribution in [-0.2, 0) is 17.9 Å². The molecule has 0 radical (unpaired) electrons. The summed E-state index contributed by atoms with van der Waals surface area (Å²) in [5, 5.41) is 1.98. The van der Waals surface area contributed by atoms with Crippen molar-refractivity contribution >= 4 is 17.2 Å². The molecule has 0 unspecified atom stereocenters. The van der Waals surface area contributed by atoms with Crippen LogP contribution >= 0.6 is 11.3 Å². The Labute approximate surface area is 109 Å². The van der Waals surface area contributed by atoms with E-state index in [4.69, 9.17) is 0 Å². The zero-order valence-electron chi connectivity index (χ0n) is 10.1. The number of thiophene rings is 1. The number of nitrogens with zero attached hydrogens (tertiary/aromatic N) is 2. The van der Waals surface area contributed by atoms with Crippen molar-refractivity contribution in [1.29, 1.82) is 0 Å². The molecule has 2 heterocycles. The standard InChI is InChI=1S/C13H14N2O2S/c1-14(9-11-5-4-8-18-11)13(17)10-15-7-3-2-6-12(15)16/h2-8H,9-10H2,1H3. The van der Waals surface area contributed by atoms with Crippen molar-refractivity contribution in [2.24, 2.45) is 0 Å². The predicted octanol–water partition coefficient (Wildman–Crippen LogP) is 1.57. The molecule has 2 rings (SSSR count). The number of likely N-dealkylation sites (N-methyl/N-ethyl adjacent to an activating group) is 1. The number of amides is 1. The van der Waals surface area contributed by atoms with E-state index < -0.39 is 0 Å². The van der Waals surface area contributed by atoms with Crippen LogP contribution in [0.3, 0.4) is 0 Å². The van der Waals surface area contributed by atoms with Crippen LogP contribution in [0.5, 0.6) is 0 Å². The average Bonchev–Trinajstić information content (AvgIpc) is 2.84. The van der Waals surface area contributed by atoms with E-state index in [1.807, 2.05) is 17.5 Å². The van der Waals surface area contributed by atoms with Crippen LogP contribution in [0.25, 0.3) is 0 Å². The van der Waals surface area contributed by atoms with Crippen molar-refractivity contribution in [3.8, 4) is 0 Å². The highest BCUT2D eigenvalue weighted by Crippen LogP contribution is 2.10. The second-order valence-electron chi connectivity index (χ2n) is 4.00. The topological polar surface area (TPSA) is 42.3 Å². The molecule has 0 bridgehead atoms. The fourth-order valence-corrected chi connectivity index (χ4v) is 2.34. The maximum absolute atomic E-state index is 12.0. The summed E-state index contributed by atoms with van der Waals surface area (Å²) < 4.78 is 1.41. The molecule has 4 nitrogen and oxygen atoms in total. The Hall–Kier alpha value is -1.88. The summed E-state index contributed by atoms with van der Waals surface area (Å²) in [4.78, 5) is 26.2.